The van der Waals surface area contributed by atoms with Crippen LogP contribution in [0.2, 0.25) is 0 Å². The number of alkyl halides is 3. The average Bonchev–Trinajstić information content (AvgIpc) is 3.53. The summed E-state index contributed by atoms with van der Waals surface area (Å²) in [5.41, 5.74) is 4.03. The third kappa shape index (κ3) is 6.48. The molecule has 216 valence electrons. The summed E-state index contributed by atoms with van der Waals surface area (Å²) in [6, 6.07) is 5.44. The fourth-order valence-corrected chi connectivity index (χ4v) is 7.89. The molecule has 11 nitrogen and oxygen atoms in total. The first-order valence-corrected chi connectivity index (χ1v) is 15.2. The molecule has 3 aromatic rings. The van der Waals surface area contributed by atoms with Gasteiger partial charge < -0.3 is 0 Å². The number of rotatable bonds is 9. The molecule has 0 aromatic carbocycles. The maximum atomic E-state index is 14.4. The van der Waals surface area contributed by atoms with Crippen LogP contribution >= 0.6 is 0 Å². The molecule has 2 aliphatic heterocycles. The molecule has 15 heteroatoms. The van der Waals surface area contributed by atoms with E-state index in [0.717, 1.165) is 4.35 Å². The summed E-state index contributed by atoms with van der Waals surface area (Å²) >= 11 is -1.06. The fraction of sp³-hybridized carbons (Fsp3) is 0.423. The number of amides is 1. The SMILES string of the molecule is CC(C)(O)C(F)CNC(=O)c1cnc(-c2cnc3cc(C#N)cnn23)cc1[AsH]C1CC2CN(CC(F)F)C=CN2N1. The molecule has 4 unspecified atom stereocenters. The zero-order chi connectivity index (χ0) is 29.3. The number of nitriles is 1. The Kier molecular flexibility index (Phi) is 8.22. The number of hydrogen-bond donors (Lipinski definition) is 3. The second-order valence-corrected chi connectivity index (χ2v) is 13.7. The third-order valence-electron chi connectivity index (χ3n) is 6.90. The van der Waals surface area contributed by atoms with Gasteiger partial charge in [-0.1, -0.05) is 0 Å². The van der Waals surface area contributed by atoms with E-state index in [4.69, 9.17) is 5.26 Å². The number of halogens is 3. The summed E-state index contributed by atoms with van der Waals surface area (Å²) in [5, 5.41) is 27.9. The molecule has 5 rings (SSSR count). The van der Waals surface area contributed by atoms with Gasteiger partial charge in [0.15, 0.2) is 0 Å². The summed E-state index contributed by atoms with van der Waals surface area (Å²) in [4.78, 5) is 23.6. The zero-order valence-electron chi connectivity index (χ0n) is 22.3. The molecule has 0 saturated carbocycles. The van der Waals surface area contributed by atoms with Gasteiger partial charge in [-0.3, -0.25) is 0 Å². The number of nitrogens with zero attached hydrogens (tertiary/aromatic N) is 7. The molecule has 1 saturated heterocycles. The maximum absolute atomic E-state index is 14.4. The van der Waals surface area contributed by atoms with Crippen molar-refractivity contribution < 1.29 is 23.1 Å². The second-order valence-electron chi connectivity index (χ2n) is 10.5. The van der Waals surface area contributed by atoms with Crippen LogP contribution in [0.15, 0.2) is 43.1 Å². The van der Waals surface area contributed by atoms with Gasteiger partial charge in [-0.15, -0.1) is 0 Å². The van der Waals surface area contributed by atoms with Crippen molar-refractivity contribution in [3.63, 3.8) is 0 Å². The van der Waals surface area contributed by atoms with E-state index in [1.807, 2.05) is 11.1 Å². The molecule has 0 spiro atoms. The van der Waals surface area contributed by atoms with Crippen LogP contribution in [0.4, 0.5) is 13.2 Å². The number of hydrogen-bond acceptors (Lipinski definition) is 9. The molecule has 2 aliphatic rings. The average molecular weight is 631 g/mol. The number of pyridine rings is 1. The van der Waals surface area contributed by atoms with Gasteiger partial charge >= 0.3 is 241 Å². The standard InChI is InChI=1S/C26H29AsF3N9O2/c1-26(2,41)21(28)12-34-25(40)17-10-32-19(20-11-33-24-5-15(8-31)9-35-39(20)24)7-18(17)27-22-6-16-13-37(14-23(29)30)3-4-38(16)36-22/h3-5,7,9-11,16,21-23,27,36,41H,6,12-14H2,1-2H3,(H,34,40). The number of aliphatic hydroxyl groups is 1. The van der Waals surface area contributed by atoms with Crippen LogP contribution in [-0.2, 0) is 0 Å². The van der Waals surface area contributed by atoms with Crippen LogP contribution in [0.3, 0.4) is 0 Å². The van der Waals surface area contributed by atoms with Crippen LogP contribution in [0, 0.1) is 11.3 Å². The van der Waals surface area contributed by atoms with Crippen molar-refractivity contribution >= 4 is 31.7 Å². The molecule has 0 radical (unpaired) electrons. The number of carbonyl (C=O) groups excluding carboxylic acids is 1. The van der Waals surface area contributed by atoms with Crippen LogP contribution < -0.4 is 15.1 Å². The fourth-order valence-electron chi connectivity index (χ4n) is 4.68. The van der Waals surface area contributed by atoms with Crippen molar-refractivity contribution in [2.24, 2.45) is 0 Å². The van der Waals surface area contributed by atoms with Crippen molar-refractivity contribution in [1.29, 1.82) is 5.26 Å². The van der Waals surface area contributed by atoms with E-state index in [1.165, 1.54) is 26.2 Å². The molecular weight excluding hydrogens is 602 g/mol. The number of nitrogens with one attached hydrogen (secondary N) is 2. The molecule has 3 N–H and O–H groups in total. The summed E-state index contributed by atoms with van der Waals surface area (Å²) in [6.45, 7) is 2.42. The van der Waals surface area contributed by atoms with Gasteiger partial charge in [0.25, 0.3) is 0 Å². The van der Waals surface area contributed by atoms with Gasteiger partial charge in [0.1, 0.15) is 0 Å². The minimum absolute atomic E-state index is 0.00162. The van der Waals surface area contributed by atoms with Gasteiger partial charge in [-0.05, 0) is 0 Å². The topological polar surface area (TPSA) is 135 Å². The predicted molar refractivity (Wildman–Crippen MR) is 145 cm³/mol. The Morgan fingerprint density at radius 2 is 2.07 bits per heavy atom. The van der Waals surface area contributed by atoms with E-state index in [-0.39, 0.29) is 24.0 Å². The number of fused-ring (bicyclic) bond motifs is 2. The molecule has 41 heavy (non-hydrogen) atoms. The number of carbonyl (C=O) groups is 1. The number of imidazole rings is 1. The Balaban J connectivity index is 1.41. The van der Waals surface area contributed by atoms with Crippen molar-refractivity contribution in [2.75, 3.05) is 19.6 Å². The summed E-state index contributed by atoms with van der Waals surface area (Å²) in [5.74, 6) is -0.511. The third-order valence-corrected chi connectivity index (χ3v) is 9.92. The summed E-state index contributed by atoms with van der Waals surface area (Å²) in [7, 11) is 0. The van der Waals surface area contributed by atoms with Gasteiger partial charge in [-0.25, -0.2) is 0 Å². The number of hydrazine groups is 1. The first kappa shape index (κ1) is 28.9. The molecule has 1 amide bonds. The Labute approximate surface area is 240 Å². The summed E-state index contributed by atoms with van der Waals surface area (Å²) < 4.78 is 42.5. The molecule has 0 aliphatic carbocycles. The van der Waals surface area contributed by atoms with E-state index in [0.29, 0.717) is 41.1 Å². The Bertz CT molecular complexity index is 1500. The van der Waals surface area contributed by atoms with Gasteiger partial charge in [-0.2, -0.15) is 0 Å². The van der Waals surface area contributed by atoms with Crippen molar-refractivity contribution in [3.05, 3.63) is 54.3 Å². The normalized spacial score (nSPS) is 19.8. The van der Waals surface area contributed by atoms with Crippen LogP contribution in [0.25, 0.3) is 17.0 Å². The van der Waals surface area contributed by atoms with E-state index in [2.05, 4.69) is 25.8 Å². The van der Waals surface area contributed by atoms with Crippen LogP contribution in [0.5, 0.6) is 0 Å². The van der Waals surface area contributed by atoms with Gasteiger partial charge in [0.2, 0.25) is 0 Å². The van der Waals surface area contributed by atoms with Crippen molar-refractivity contribution in [1.82, 2.24) is 40.2 Å². The quantitative estimate of drug-likeness (QED) is 0.289. The van der Waals surface area contributed by atoms with E-state index >= 15 is 0 Å². The predicted octanol–water partition coefficient (Wildman–Crippen LogP) is 0.520. The van der Waals surface area contributed by atoms with E-state index in [1.54, 1.807) is 40.1 Å². The van der Waals surface area contributed by atoms with E-state index in [9.17, 15) is 23.1 Å². The molecule has 0 bridgehead atoms. The zero-order valence-corrected chi connectivity index (χ0v) is 24.4. The van der Waals surface area contributed by atoms with Crippen LogP contribution in [0.1, 0.15) is 36.2 Å². The molecule has 4 atom stereocenters. The van der Waals surface area contributed by atoms with E-state index < -0.39 is 39.9 Å². The van der Waals surface area contributed by atoms with Crippen molar-refractivity contribution in [2.45, 2.75) is 49.3 Å². The first-order valence-electron chi connectivity index (χ1n) is 12.9. The Hall–Kier alpha value is -3.66. The molecule has 5 heterocycles. The minimum atomic E-state index is -2.43. The molecule has 1 fully saturated rings. The second kappa shape index (κ2) is 11.7. The molecule has 3 aromatic heterocycles. The molecular formula is C26H29AsF3N9O2. The van der Waals surface area contributed by atoms with Gasteiger partial charge in [0, 0.05) is 0 Å². The monoisotopic (exact) mass is 631 g/mol. The van der Waals surface area contributed by atoms with Crippen LogP contribution in [-0.4, -0.2) is 105 Å². The first-order chi connectivity index (χ1) is 19.5. The van der Waals surface area contributed by atoms with Gasteiger partial charge in [0.05, 0.1) is 0 Å². The Morgan fingerprint density at radius 1 is 1.27 bits per heavy atom. The van der Waals surface area contributed by atoms with Crippen molar-refractivity contribution in [3.8, 4) is 17.5 Å². The summed E-state index contributed by atoms with van der Waals surface area (Å²) in [6.07, 6.45) is 4.45. The number of aromatic nitrogens is 4. The Morgan fingerprint density at radius 3 is 2.80 bits per heavy atom.